The number of nitrogens with one attached hydrogen (secondary N) is 1. The van der Waals surface area contributed by atoms with Crippen LogP contribution >= 0.6 is 0 Å². The molecule has 3 rings (SSSR count). The van der Waals surface area contributed by atoms with Gasteiger partial charge in [-0.1, -0.05) is 44.2 Å². The third kappa shape index (κ3) is 4.20. The SMILES string of the molecule is CC(C)[C@H](N)C(=O)O.O=C1Cc2ccccc2Nc2ccccc21. The molecule has 2 aromatic carbocycles. The van der Waals surface area contributed by atoms with E-state index < -0.39 is 12.0 Å². The van der Waals surface area contributed by atoms with Crippen LogP contribution in [0.25, 0.3) is 0 Å². The van der Waals surface area contributed by atoms with E-state index in [0.29, 0.717) is 6.42 Å². The van der Waals surface area contributed by atoms with Gasteiger partial charge in [0.1, 0.15) is 6.04 Å². The van der Waals surface area contributed by atoms with Crippen LogP contribution in [0.3, 0.4) is 0 Å². The second kappa shape index (κ2) is 7.75. The topological polar surface area (TPSA) is 92.4 Å². The minimum atomic E-state index is -0.931. The first-order valence-electron chi connectivity index (χ1n) is 7.85. The number of aliphatic carboxylic acids is 1. The molecular weight excluding hydrogens is 304 g/mol. The summed E-state index contributed by atoms with van der Waals surface area (Å²) in [6, 6.07) is 14.9. The summed E-state index contributed by atoms with van der Waals surface area (Å²) in [5.74, 6) is -0.736. The van der Waals surface area contributed by atoms with Crippen molar-refractivity contribution in [1.82, 2.24) is 0 Å². The number of anilines is 2. The van der Waals surface area contributed by atoms with Gasteiger partial charge in [0.05, 0.1) is 0 Å². The summed E-state index contributed by atoms with van der Waals surface area (Å²) in [4.78, 5) is 22.0. The molecule has 4 N–H and O–H groups in total. The van der Waals surface area contributed by atoms with Crippen LogP contribution in [-0.4, -0.2) is 22.9 Å². The molecule has 1 aliphatic heterocycles. The highest BCUT2D eigenvalue weighted by molar-refractivity contribution is 6.05. The number of ketones is 1. The molecule has 0 aliphatic carbocycles. The number of fused-ring (bicyclic) bond motifs is 2. The predicted molar refractivity (Wildman–Crippen MR) is 94.7 cm³/mol. The Balaban J connectivity index is 0.000000224. The number of hydrogen-bond acceptors (Lipinski definition) is 4. The molecule has 0 saturated heterocycles. The van der Waals surface area contributed by atoms with E-state index in [9.17, 15) is 9.59 Å². The van der Waals surface area contributed by atoms with Gasteiger partial charge >= 0.3 is 5.97 Å². The third-order valence-electron chi connectivity index (χ3n) is 3.87. The number of benzene rings is 2. The van der Waals surface area contributed by atoms with Gasteiger partial charge in [0, 0.05) is 23.4 Å². The fourth-order valence-electron chi connectivity index (χ4n) is 2.33. The molecule has 0 saturated carbocycles. The first kappa shape index (κ1) is 17.7. The van der Waals surface area contributed by atoms with Crippen molar-refractivity contribution in [3.05, 3.63) is 59.7 Å². The number of Topliss-reactive ketones (excluding diaryl/α,β-unsaturated/α-hetero) is 1. The number of rotatable bonds is 2. The third-order valence-corrected chi connectivity index (χ3v) is 3.87. The Morgan fingerprint density at radius 1 is 1.08 bits per heavy atom. The van der Waals surface area contributed by atoms with E-state index in [-0.39, 0.29) is 11.7 Å². The lowest BCUT2D eigenvalue weighted by Gasteiger charge is -2.07. The zero-order chi connectivity index (χ0) is 17.7. The molecule has 24 heavy (non-hydrogen) atoms. The van der Waals surface area contributed by atoms with Crippen molar-refractivity contribution >= 4 is 23.1 Å². The van der Waals surface area contributed by atoms with Gasteiger partial charge in [-0.05, 0) is 29.7 Å². The van der Waals surface area contributed by atoms with Crippen molar-refractivity contribution < 1.29 is 14.7 Å². The van der Waals surface area contributed by atoms with Crippen LogP contribution in [0.5, 0.6) is 0 Å². The van der Waals surface area contributed by atoms with Crippen molar-refractivity contribution in [2.75, 3.05) is 5.32 Å². The van der Waals surface area contributed by atoms with Gasteiger partial charge in [0.25, 0.3) is 0 Å². The average molecular weight is 326 g/mol. The van der Waals surface area contributed by atoms with Crippen LogP contribution in [0, 0.1) is 5.92 Å². The first-order chi connectivity index (χ1) is 11.4. The second-order valence-electron chi connectivity index (χ2n) is 6.04. The number of nitrogens with two attached hydrogens (primary N) is 1. The standard InChI is InChI=1S/C14H11NO.C5H11NO2/c16-14-9-10-5-1-3-7-12(10)15-13-8-4-2-6-11(13)14;1-3(2)4(6)5(7)8/h1-8,15H,9H2;3-4H,6H2,1-2H3,(H,7,8)/t;4-/m.0/s1. The summed E-state index contributed by atoms with van der Waals surface area (Å²) in [6.07, 6.45) is 0.472. The molecule has 1 aliphatic rings. The summed E-state index contributed by atoms with van der Waals surface area (Å²) in [7, 11) is 0. The smallest absolute Gasteiger partial charge is 0.320 e. The Hall–Kier alpha value is -2.66. The van der Waals surface area contributed by atoms with Crippen LogP contribution in [0.15, 0.2) is 48.5 Å². The van der Waals surface area contributed by atoms with Crippen molar-refractivity contribution in [2.24, 2.45) is 11.7 Å². The number of carboxylic acid groups (broad SMARTS) is 1. The normalized spacial score (nSPS) is 13.6. The number of hydrogen-bond donors (Lipinski definition) is 3. The van der Waals surface area contributed by atoms with Gasteiger partial charge in [0.15, 0.2) is 5.78 Å². The predicted octanol–water partition coefficient (Wildman–Crippen LogP) is 3.22. The van der Waals surface area contributed by atoms with Crippen molar-refractivity contribution in [3.63, 3.8) is 0 Å². The molecule has 0 fully saturated rings. The maximum atomic E-state index is 12.0. The molecule has 0 bridgehead atoms. The molecule has 126 valence electrons. The zero-order valence-electron chi connectivity index (χ0n) is 13.8. The maximum Gasteiger partial charge on any atom is 0.320 e. The van der Waals surface area contributed by atoms with Crippen LogP contribution in [0.2, 0.25) is 0 Å². The Bertz CT molecular complexity index is 741. The lowest BCUT2D eigenvalue weighted by Crippen LogP contribution is -2.34. The molecule has 0 unspecified atom stereocenters. The number of carboxylic acids is 1. The summed E-state index contributed by atoms with van der Waals surface area (Å²) in [6.45, 7) is 3.55. The molecule has 0 aromatic heterocycles. The highest BCUT2D eigenvalue weighted by Crippen LogP contribution is 2.29. The summed E-state index contributed by atoms with van der Waals surface area (Å²) in [5, 5.41) is 11.5. The summed E-state index contributed by atoms with van der Waals surface area (Å²) < 4.78 is 0. The lowest BCUT2D eigenvalue weighted by molar-refractivity contribution is -0.139. The van der Waals surface area contributed by atoms with Crippen LogP contribution in [-0.2, 0) is 11.2 Å². The van der Waals surface area contributed by atoms with Crippen molar-refractivity contribution in [3.8, 4) is 0 Å². The second-order valence-corrected chi connectivity index (χ2v) is 6.04. The minimum absolute atomic E-state index is 0.0208. The molecule has 0 spiro atoms. The van der Waals surface area contributed by atoms with Crippen LogP contribution in [0.4, 0.5) is 11.4 Å². The van der Waals surface area contributed by atoms with E-state index >= 15 is 0 Å². The largest absolute Gasteiger partial charge is 0.480 e. The lowest BCUT2D eigenvalue weighted by atomic mass is 10.0. The quantitative estimate of drug-likeness (QED) is 0.788. The number of para-hydroxylation sites is 2. The van der Waals surface area contributed by atoms with Gasteiger partial charge in [-0.25, -0.2) is 0 Å². The highest BCUT2D eigenvalue weighted by Gasteiger charge is 2.18. The zero-order valence-corrected chi connectivity index (χ0v) is 13.8. The van der Waals surface area contributed by atoms with Gasteiger partial charge in [0.2, 0.25) is 0 Å². The van der Waals surface area contributed by atoms with E-state index in [2.05, 4.69) is 5.32 Å². The average Bonchev–Trinajstić information content (AvgIpc) is 2.70. The van der Waals surface area contributed by atoms with Crippen LogP contribution < -0.4 is 11.1 Å². The van der Waals surface area contributed by atoms with E-state index in [1.807, 2.05) is 48.5 Å². The number of carbonyl (C=O) groups excluding carboxylic acids is 1. The maximum absolute atomic E-state index is 12.0. The molecule has 0 radical (unpaired) electrons. The monoisotopic (exact) mass is 326 g/mol. The molecule has 0 amide bonds. The van der Waals surface area contributed by atoms with E-state index in [1.165, 1.54) is 0 Å². The Morgan fingerprint density at radius 3 is 2.25 bits per heavy atom. The van der Waals surface area contributed by atoms with Gasteiger partial charge in [-0.2, -0.15) is 0 Å². The van der Waals surface area contributed by atoms with E-state index in [0.717, 1.165) is 22.5 Å². The molecule has 5 heteroatoms. The molecule has 5 nitrogen and oxygen atoms in total. The fourth-order valence-corrected chi connectivity index (χ4v) is 2.33. The summed E-state index contributed by atoms with van der Waals surface area (Å²) in [5.41, 5.74) is 8.92. The fraction of sp³-hybridized carbons (Fsp3) is 0.263. The molecule has 1 heterocycles. The molecule has 1 atom stereocenters. The Morgan fingerprint density at radius 2 is 1.67 bits per heavy atom. The highest BCUT2D eigenvalue weighted by atomic mass is 16.4. The Kier molecular flexibility index (Phi) is 5.71. The van der Waals surface area contributed by atoms with Crippen LogP contribution in [0.1, 0.15) is 29.8 Å². The molecule has 2 aromatic rings. The summed E-state index contributed by atoms with van der Waals surface area (Å²) >= 11 is 0. The Labute approximate surface area is 141 Å². The van der Waals surface area contributed by atoms with Gasteiger partial charge < -0.3 is 16.2 Å². The van der Waals surface area contributed by atoms with E-state index in [1.54, 1.807) is 13.8 Å². The van der Waals surface area contributed by atoms with E-state index in [4.69, 9.17) is 10.8 Å². The van der Waals surface area contributed by atoms with Crippen molar-refractivity contribution in [1.29, 1.82) is 0 Å². The first-order valence-corrected chi connectivity index (χ1v) is 7.85. The minimum Gasteiger partial charge on any atom is -0.480 e. The number of carbonyl (C=O) groups is 2. The molecular formula is C19H22N2O3. The van der Waals surface area contributed by atoms with Gasteiger partial charge in [-0.3, -0.25) is 9.59 Å². The van der Waals surface area contributed by atoms with Crippen molar-refractivity contribution in [2.45, 2.75) is 26.3 Å². The van der Waals surface area contributed by atoms with Gasteiger partial charge in [-0.15, -0.1) is 0 Å².